The highest BCUT2D eigenvalue weighted by Gasteiger charge is 2.09. The minimum atomic E-state index is 0.937. The summed E-state index contributed by atoms with van der Waals surface area (Å²) in [5.41, 5.74) is 0. The number of nitrogens with one attached hydrogen (secondary N) is 3. The topological polar surface area (TPSA) is 57.2 Å². The Bertz CT molecular complexity index is 364. The van der Waals surface area contributed by atoms with Crippen molar-refractivity contribution in [2.75, 3.05) is 52.4 Å². The van der Waals surface area contributed by atoms with Crippen LogP contribution in [0.2, 0.25) is 0 Å². The predicted molar refractivity (Wildman–Crippen MR) is 86.3 cm³/mol. The quantitative estimate of drug-likeness (QED) is 0.704. The van der Waals surface area contributed by atoms with Crippen molar-refractivity contribution in [3.8, 4) is 0 Å². The van der Waals surface area contributed by atoms with Crippen LogP contribution >= 0.6 is 0 Å². The van der Waals surface area contributed by atoms with Crippen molar-refractivity contribution in [1.82, 2.24) is 30.4 Å². The first-order chi connectivity index (χ1) is 10.4. The van der Waals surface area contributed by atoms with Crippen LogP contribution in [0.4, 0.5) is 0 Å². The summed E-state index contributed by atoms with van der Waals surface area (Å²) in [5, 5.41) is 10.5. The van der Waals surface area contributed by atoms with Crippen LogP contribution in [-0.4, -0.2) is 66.8 Å². The Hall–Kier alpha value is -0.950. The van der Waals surface area contributed by atoms with Gasteiger partial charge in [0.2, 0.25) is 0 Å². The van der Waals surface area contributed by atoms with E-state index in [0.29, 0.717) is 0 Å². The van der Waals surface area contributed by atoms with Gasteiger partial charge in [-0.05, 0) is 39.0 Å². The molecule has 2 rings (SSSR count). The molecule has 0 aromatic carbocycles. The summed E-state index contributed by atoms with van der Waals surface area (Å²) in [6.07, 6.45) is 6.28. The minimum Gasteiger partial charge on any atom is -0.337 e. The van der Waals surface area contributed by atoms with Crippen molar-refractivity contribution in [3.63, 3.8) is 0 Å². The van der Waals surface area contributed by atoms with Gasteiger partial charge in [0, 0.05) is 45.6 Å². The molecule has 1 aliphatic heterocycles. The van der Waals surface area contributed by atoms with Crippen molar-refractivity contribution in [1.29, 1.82) is 0 Å². The van der Waals surface area contributed by atoms with E-state index >= 15 is 0 Å². The molecule has 0 radical (unpaired) electrons. The van der Waals surface area contributed by atoms with Crippen LogP contribution in [0, 0.1) is 0 Å². The lowest BCUT2D eigenvalue weighted by atomic mass is 10.3. The molecule has 1 aromatic rings. The number of hydrogen-bond acceptors (Lipinski definition) is 5. The lowest BCUT2D eigenvalue weighted by Gasteiger charge is -2.22. The molecule has 6 nitrogen and oxygen atoms in total. The van der Waals surface area contributed by atoms with E-state index < -0.39 is 0 Å². The first kappa shape index (κ1) is 16.4. The summed E-state index contributed by atoms with van der Waals surface area (Å²) in [4.78, 5) is 6.94. The van der Waals surface area contributed by atoms with Gasteiger partial charge in [-0.2, -0.15) is 0 Å². The molecule has 0 atom stereocenters. The third-order valence-electron chi connectivity index (χ3n) is 3.90. The molecule has 0 aliphatic carbocycles. The lowest BCUT2D eigenvalue weighted by molar-refractivity contribution is 0.251. The first-order valence-electron chi connectivity index (χ1n) is 8.17. The zero-order valence-electron chi connectivity index (χ0n) is 13.3. The molecule has 0 saturated carbocycles. The monoisotopic (exact) mass is 294 g/mol. The fraction of sp³-hybridized carbons (Fsp3) is 0.800. The average molecular weight is 294 g/mol. The van der Waals surface area contributed by atoms with Crippen LogP contribution in [0.15, 0.2) is 12.4 Å². The van der Waals surface area contributed by atoms with Crippen LogP contribution < -0.4 is 16.0 Å². The summed E-state index contributed by atoms with van der Waals surface area (Å²) in [7, 11) is 2.07. The maximum absolute atomic E-state index is 4.44. The van der Waals surface area contributed by atoms with E-state index in [9.17, 15) is 0 Å². The number of imidazole rings is 1. The van der Waals surface area contributed by atoms with Gasteiger partial charge in [0.1, 0.15) is 5.82 Å². The van der Waals surface area contributed by atoms with Gasteiger partial charge >= 0.3 is 0 Å². The fourth-order valence-corrected chi connectivity index (χ4v) is 2.57. The van der Waals surface area contributed by atoms with Gasteiger partial charge in [0.15, 0.2) is 0 Å². The second kappa shape index (κ2) is 9.89. The standard InChI is InChI=1S/C15H30N6/c1-20-12-10-19-15(20)14-21-11-3-6-17-8-7-16-4-2-5-18-9-13-21/h10,12,16-18H,2-9,11,13-14H2,1H3. The van der Waals surface area contributed by atoms with Gasteiger partial charge in [-0.3, -0.25) is 4.90 Å². The maximum atomic E-state index is 4.44. The van der Waals surface area contributed by atoms with E-state index in [-0.39, 0.29) is 0 Å². The largest absolute Gasteiger partial charge is 0.337 e. The SMILES string of the molecule is Cn1ccnc1CN1CCCNCCNCCCNCC1. The third-order valence-corrected chi connectivity index (χ3v) is 3.90. The second-order valence-electron chi connectivity index (χ2n) is 5.69. The van der Waals surface area contributed by atoms with E-state index in [1.165, 1.54) is 12.8 Å². The van der Waals surface area contributed by atoms with Crippen LogP contribution in [-0.2, 0) is 13.6 Å². The van der Waals surface area contributed by atoms with E-state index in [4.69, 9.17) is 0 Å². The molecule has 1 fully saturated rings. The van der Waals surface area contributed by atoms with Crippen LogP contribution in [0.3, 0.4) is 0 Å². The lowest BCUT2D eigenvalue weighted by Crippen LogP contribution is -2.37. The van der Waals surface area contributed by atoms with Crippen molar-refractivity contribution in [2.24, 2.45) is 7.05 Å². The van der Waals surface area contributed by atoms with Crippen molar-refractivity contribution in [3.05, 3.63) is 18.2 Å². The molecular weight excluding hydrogens is 264 g/mol. The highest BCUT2D eigenvalue weighted by atomic mass is 15.2. The number of rotatable bonds is 2. The second-order valence-corrected chi connectivity index (χ2v) is 5.69. The predicted octanol–water partition coefficient (Wildman–Crippen LogP) is -0.215. The van der Waals surface area contributed by atoms with Gasteiger partial charge in [0.05, 0.1) is 6.54 Å². The molecule has 6 heteroatoms. The van der Waals surface area contributed by atoms with E-state index in [2.05, 4.69) is 37.4 Å². The van der Waals surface area contributed by atoms with Crippen molar-refractivity contribution >= 4 is 0 Å². The summed E-state index contributed by atoms with van der Waals surface area (Å²) in [6, 6.07) is 0. The summed E-state index contributed by atoms with van der Waals surface area (Å²) >= 11 is 0. The highest BCUT2D eigenvalue weighted by molar-refractivity contribution is 4.91. The zero-order chi connectivity index (χ0) is 14.8. The molecule has 1 aromatic heterocycles. The maximum Gasteiger partial charge on any atom is 0.122 e. The molecule has 3 N–H and O–H groups in total. The number of hydrogen-bond donors (Lipinski definition) is 3. The molecule has 0 bridgehead atoms. The van der Waals surface area contributed by atoms with Crippen LogP contribution in [0.5, 0.6) is 0 Å². The normalized spacial score (nSPS) is 21.0. The Morgan fingerprint density at radius 3 is 2.38 bits per heavy atom. The van der Waals surface area contributed by atoms with E-state index in [1.54, 1.807) is 0 Å². The van der Waals surface area contributed by atoms with Crippen LogP contribution in [0.1, 0.15) is 18.7 Å². The molecule has 1 aliphatic rings. The van der Waals surface area contributed by atoms with Gasteiger partial charge in [-0.25, -0.2) is 4.98 Å². The number of aromatic nitrogens is 2. The Kier molecular flexibility index (Phi) is 7.73. The smallest absolute Gasteiger partial charge is 0.122 e. The summed E-state index contributed by atoms with van der Waals surface area (Å²) in [6.45, 7) is 9.61. The molecular formula is C15H30N6. The molecule has 2 heterocycles. The third kappa shape index (κ3) is 6.56. The summed E-state index contributed by atoms with van der Waals surface area (Å²) < 4.78 is 2.11. The van der Waals surface area contributed by atoms with E-state index in [0.717, 1.165) is 64.7 Å². The minimum absolute atomic E-state index is 0.937. The molecule has 1 saturated heterocycles. The fourth-order valence-electron chi connectivity index (χ4n) is 2.57. The van der Waals surface area contributed by atoms with Gasteiger partial charge < -0.3 is 20.5 Å². The van der Waals surface area contributed by atoms with Crippen LogP contribution in [0.25, 0.3) is 0 Å². The number of aryl methyl sites for hydroxylation is 1. The van der Waals surface area contributed by atoms with Crippen molar-refractivity contribution in [2.45, 2.75) is 19.4 Å². The Labute approximate surface area is 128 Å². The van der Waals surface area contributed by atoms with E-state index in [1.807, 2.05) is 12.4 Å². The average Bonchev–Trinajstić information content (AvgIpc) is 2.88. The Morgan fingerprint density at radius 2 is 1.67 bits per heavy atom. The van der Waals surface area contributed by atoms with Gasteiger partial charge in [-0.1, -0.05) is 0 Å². The highest BCUT2D eigenvalue weighted by Crippen LogP contribution is 2.02. The molecule has 120 valence electrons. The van der Waals surface area contributed by atoms with Gasteiger partial charge in [0.25, 0.3) is 0 Å². The number of nitrogens with zero attached hydrogens (tertiary/aromatic N) is 3. The molecule has 0 spiro atoms. The zero-order valence-corrected chi connectivity index (χ0v) is 13.3. The molecule has 0 unspecified atom stereocenters. The molecule has 21 heavy (non-hydrogen) atoms. The first-order valence-corrected chi connectivity index (χ1v) is 8.17. The van der Waals surface area contributed by atoms with Gasteiger partial charge in [-0.15, -0.1) is 0 Å². The summed E-state index contributed by atoms with van der Waals surface area (Å²) in [5.74, 6) is 1.15. The van der Waals surface area contributed by atoms with Crippen molar-refractivity contribution < 1.29 is 0 Å². The molecule has 0 amide bonds. The Morgan fingerprint density at radius 1 is 0.952 bits per heavy atom. The Balaban J connectivity index is 1.79.